The van der Waals surface area contributed by atoms with Crippen molar-refractivity contribution in [2.24, 2.45) is 4.99 Å². The first-order valence-electron chi connectivity index (χ1n) is 9.17. The third-order valence-corrected chi connectivity index (χ3v) is 6.79. The number of rotatable bonds is 8. The van der Waals surface area contributed by atoms with Gasteiger partial charge in [-0.1, -0.05) is 36.8 Å². The Labute approximate surface area is 159 Å². The monoisotopic (exact) mass is 381 g/mol. The Bertz CT molecular complexity index is 551. The average Bonchev–Trinajstić information content (AvgIpc) is 2.63. The highest BCUT2D eigenvalue weighted by atomic mass is 32.2. The molecule has 140 valence electrons. The molecule has 0 radical (unpaired) electrons. The van der Waals surface area contributed by atoms with E-state index in [1.54, 1.807) is 0 Å². The van der Waals surface area contributed by atoms with Gasteiger partial charge in [-0.25, -0.2) is 0 Å². The Morgan fingerprint density at radius 2 is 2.12 bits per heavy atom. The highest BCUT2D eigenvalue weighted by Gasteiger charge is 2.21. The summed E-state index contributed by atoms with van der Waals surface area (Å²) in [5.41, 5.74) is 1.13. The number of guanidine groups is 1. The normalized spacial score (nSPS) is 22.4. The molecule has 2 rings (SSSR count). The van der Waals surface area contributed by atoms with Gasteiger partial charge in [0.25, 0.3) is 0 Å². The van der Waals surface area contributed by atoms with Gasteiger partial charge in [0.1, 0.15) is 0 Å². The van der Waals surface area contributed by atoms with Crippen LogP contribution in [0.25, 0.3) is 0 Å². The minimum atomic E-state index is -0.871. The first-order chi connectivity index (χ1) is 12.2. The van der Waals surface area contributed by atoms with E-state index in [2.05, 4.69) is 28.8 Å². The van der Waals surface area contributed by atoms with Crippen LogP contribution in [0.5, 0.6) is 0 Å². The van der Waals surface area contributed by atoms with Gasteiger partial charge < -0.3 is 10.6 Å². The predicted octanol–water partition coefficient (Wildman–Crippen LogP) is 3.16. The molecule has 0 amide bonds. The molecule has 0 aliphatic heterocycles. The van der Waals surface area contributed by atoms with E-state index in [-0.39, 0.29) is 0 Å². The highest BCUT2D eigenvalue weighted by Crippen LogP contribution is 2.26. The summed E-state index contributed by atoms with van der Waals surface area (Å²) < 4.78 is 12.2. The molecule has 1 saturated carbocycles. The van der Waals surface area contributed by atoms with Crippen LogP contribution >= 0.6 is 11.8 Å². The van der Waals surface area contributed by atoms with Crippen molar-refractivity contribution in [1.82, 2.24) is 10.6 Å². The van der Waals surface area contributed by atoms with Gasteiger partial charge in [0.2, 0.25) is 0 Å². The van der Waals surface area contributed by atoms with Gasteiger partial charge in [-0.2, -0.15) is 11.8 Å². The van der Waals surface area contributed by atoms with Crippen LogP contribution in [-0.4, -0.2) is 46.6 Å². The maximum atomic E-state index is 12.2. The zero-order valence-corrected chi connectivity index (χ0v) is 17.0. The van der Waals surface area contributed by atoms with Gasteiger partial charge in [0, 0.05) is 40.1 Å². The van der Waals surface area contributed by atoms with Crippen molar-refractivity contribution in [3.8, 4) is 0 Å². The standard InChI is InChI=1S/C19H31N3OS2/c1-3-20-19(22-17-10-7-11-18(14-17)24-2)21-12-13-25(23)15-16-8-5-4-6-9-16/h4-6,8-9,17-18H,3,7,10-15H2,1-2H3,(H2,20,21,22). The molecule has 1 fully saturated rings. The van der Waals surface area contributed by atoms with Crippen molar-refractivity contribution in [2.45, 2.75) is 49.7 Å². The van der Waals surface area contributed by atoms with E-state index in [9.17, 15) is 4.21 Å². The zero-order chi connectivity index (χ0) is 17.9. The summed E-state index contributed by atoms with van der Waals surface area (Å²) in [4.78, 5) is 4.63. The smallest absolute Gasteiger partial charge is 0.191 e. The summed E-state index contributed by atoms with van der Waals surface area (Å²) >= 11 is 1.97. The Kier molecular flexibility index (Phi) is 9.40. The van der Waals surface area contributed by atoms with Crippen molar-refractivity contribution in [2.75, 3.05) is 25.1 Å². The largest absolute Gasteiger partial charge is 0.357 e. The van der Waals surface area contributed by atoms with Crippen molar-refractivity contribution in [3.63, 3.8) is 0 Å². The summed E-state index contributed by atoms with van der Waals surface area (Å²) in [5, 5.41) is 7.65. The van der Waals surface area contributed by atoms with Crippen molar-refractivity contribution in [3.05, 3.63) is 35.9 Å². The van der Waals surface area contributed by atoms with E-state index in [4.69, 9.17) is 0 Å². The molecule has 2 N–H and O–H groups in total. The number of benzene rings is 1. The van der Waals surface area contributed by atoms with Crippen LogP contribution in [0.15, 0.2) is 35.3 Å². The van der Waals surface area contributed by atoms with E-state index in [1.165, 1.54) is 25.7 Å². The van der Waals surface area contributed by atoms with Gasteiger partial charge in [0.15, 0.2) is 5.96 Å². The van der Waals surface area contributed by atoms with Crippen LogP contribution in [0.2, 0.25) is 0 Å². The molecule has 1 aliphatic rings. The molecule has 1 aromatic rings. The number of hydrogen-bond acceptors (Lipinski definition) is 3. The van der Waals surface area contributed by atoms with Crippen molar-refractivity contribution >= 4 is 28.5 Å². The molecule has 1 aliphatic carbocycles. The molecular formula is C19H31N3OS2. The van der Waals surface area contributed by atoms with E-state index < -0.39 is 10.8 Å². The third kappa shape index (κ3) is 7.82. The topological polar surface area (TPSA) is 53.5 Å². The number of nitrogens with one attached hydrogen (secondary N) is 2. The molecule has 0 bridgehead atoms. The first-order valence-corrected chi connectivity index (χ1v) is 12.0. The van der Waals surface area contributed by atoms with Crippen LogP contribution in [0, 0.1) is 0 Å². The van der Waals surface area contributed by atoms with Crippen LogP contribution in [0.4, 0.5) is 0 Å². The Balaban J connectivity index is 1.79. The molecule has 3 unspecified atom stereocenters. The molecular weight excluding hydrogens is 350 g/mol. The minimum absolute atomic E-state index is 0.499. The summed E-state index contributed by atoms with van der Waals surface area (Å²) in [6.07, 6.45) is 7.22. The van der Waals surface area contributed by atoms with Gasteiger partial charge in [-0.15, -0.1) is 0 Å². The quantitative estimate of drug-likeness (QED) is 0.536. The molecule has 6 heteroatoms. The molecule has 0 spiro atoms. The minimum Gasteiger partial charge on any atom is -0.357 e. The molecule has 0 saturated heterocycles. The molecule has 25 heavy (non-hydrogen) atoms. The van der Waals surface area contributed by atoms with Gasteiger partial charge in [-0.3, -0.25) is 9.20 Å². The molecule has 0 aromatic heterocycles. The summed E-state index contributed by atoms with van der Waals surface area (Å²) in [6.45, 7) is 3.52. The summed E-state index contributed by atoms with van der Waals surface area (Å²) in [6, 6.07) is 10.5. The second kappa shape index (κ2) is 11.6. The second-order valence-corrected chi connectivity index (χ2v) is 9.11. The van der Waals surface area contributed by atoms with Crippen LogP contribution in [-0.2, 0) is 16.6 Å². The van der Waals surface area contributed by atoms with Gasteiger partial charge in [0.05, 0.1) is 6.54 Å². The van der Waals surface area contributed by atoms with Crippen LogP contribution in [0.1, 0.15) is 38.2 Å². The van der Waals surface area contributed by atoms with Gasteiger partial charge in [-0.05, 0) is 38.0 Å². The van der Waals surface area contributed by atoms with Crippen molar-refractivity contribution in [1.29, 1.82) is 0 Å². The predicted molar refractivity (Wildman–Crippen MR) is 112 cm³/mol. The number of hydrogen-bond donors (Lipinski definition) is 2. The molecule has 0 heterocycles. The lowest BCUT2D eigenvalue weighted by Crippen LogP contribution is -2.45. The summed E-state index contributed by atoms with van der Waals surface area (Å²) in [5.74, 6) is 2.08. The van der Waals surface area contributed by atoms with E-state index in [1.807, 2.05) is 42.1 Å². The van der Waals surface area contributed by atoms with Gasteiger partial charge >= 0.3 is 0 Å². The Morgan fingerprint density at radius 1 is 1.32 bits per heavy atom. The van der Waals surface area contributed by atoms with E-state index >= 15 is 0 Å². The van der Waals surface area contributed by atoms with E-state index in [0.717, 1.165) is 23.3 Å². The number of nitrogens with zero attached hydrogens (tertiary/aromatic N) is 1. The molecule has 3 atom stereocenters. The number of aliphatic imine (C=N–C) groups is 1. The zero-order valence-electron chi connectivity index (χ0n) is 15.4. The first kappa shape index (κ1) is 20.3. The van der Waals surface area contributed by atoms with Crippen LogP contribution < -0.4 is 10.6 Å². The molecule has 4 nitrogen and oxygen atoms in total. The van der Waals surface area contributed by atoms with Crippen LogP contribution in [0.3, 0.4) is 0 Å². The fourth-order valence-electron chi connectivity index (χ4n) is 3.10. The Hall–Kier alpha value is -1.01. The fraction of sp³-hybridized carbons (Fsp3) is 0.632. The van der Waals surface area contributed by atoms with E-state index in [0.29, 0.717) is 24.1 Å². The SMILES string of the molecule is CCNC(=NCCS(=O)Cc1ccccc1)NC1CCCC(SC)C1. The lowest BCUT2D eigenvalue weighted by Gasteiger charge is -2.29. The maximum absolute atomic E-state index is 12.2. The maximum Gasteiger partial charge on any atom is 0.191 e. The third-order valence-electron chi connectivity index (χ3n) is 4.40. The lowest BCUT2D eigenvalue weighted by molar-refractivity contribution is 0.419. The van der Waals surface area contributed by atoms with Crippen molar-refractivity contribution < 1.29 is 4.21 Å². The average molecular weight is 382 g/mol. The number of thioether (sulfide) groups is 1. The summed E-state index contributed by atoms with van der Waals surface area (Å²) in [7, 11) is -0.871. The lowest BCUT2D eigenvalue weighted by atomic mass is 9.95. The second-order valence-electron chi connectivity index (χ2n) is 6.40. The Morgan fingerprint density at radius 3 is 2.84 bits per heavy atom. The highest BCUT2D eigenvalue weighted by molar-refractivity contribution is 7.99. The fourth-order valence-corrected chi connectivity index (χ4v) is 4.93. The molecule has 1 aromatic carbocycles.